The lowest BCUT2D eigenvalue weighted by molar-refractivity contribution is -0.117. The summed E-state index contributed by atoms with van der Waals surface area (Å²) >= 11 is 0. The van der Waals surface area contributed by atoms with Gasteiger partial charge < -0.3 is 10.1 Å². The van der Waals surface area contributed by atoms with E-state index in [0.29, 0.717) is 25.1 Å². The summed E-state index contributed by atoms with van der Waals surface area (Å²) < 4.78 is 44.7. The maximum atomic E-state index is 13.0. The van der Waals surface area contributed by atoms with Crippen molar-refractivity contribution < 1.29 is 22.3 Å². The van der Waals surface area contributed by atoms with Crippen molar-refractivity contribution in [3.05, 3.63) is 41.7 Å². The van der Waals surface area contributed by atoms with Gasteiger partial charge in [-0.25, -0.2) is 12.8 Å². The van der Waals surface area contributed by atoms with Crippen molar-refractivity contribution in [1.29, 1.82) is 0 Å². The molecular weight excluding hydrogens is 359 g/mol. The largest absolute Gasteiger partial charge is 0.379 e. The Morgan fingerprint density at radius 2 is 2.00 bits per heavy atom. The molecular formula is C18H25FN2O4S. The minimum absolute atomic E-state index is 0.0466. The number of carbonyl (C=O) groups excluding carboxylic acids is 1. The number of benzene rings is 1. The summed E-state index contributed by atoms with van der Waals surface area (Å²) in [5.74, 6) is -0.659. The standard InChI is InChI=1S/C18H25FN2O4S/c1-14(2)25-13-3-10-20-18(22)15-8-11-21(12-9-15)26(23,24)17-6-4-16(19)5-7-17/h4-8,14H,3,9-13H2,1-2H3,(H,20,22). The first kappa shape index (κ1) is 20.5. The van der Waals surface area contributed by atoms with Gasteiger partial charge in [-0.15, -0.1) is 0 Å². The van der Waals surface area contributed by atoms with Gasteiger partial charge in [-0.3, -0.25) is 4.79 Å². The summed E-state index contributed by atoms with van der Waals surface area (Å²) in [5, 5.41) is 2.82. The Bertz CT molecular complexity index is 745. The van der Waals surface area contributed by atoms with Gasteiger partial charge in [0.1, 0.15) is 5.82 Å². The van der Waals surface area contributed by atoms with Gasteiger partial charge in [-0.05, 0) is 51.0 Å². The van der Waals surface area contributed by atoms with Gasteiger partial charge in [0.05, 0.1) is 11.0 Å². The molecule has 144 valence electrons. The van der Waals surface area contributed by atoms with Crippen LogP contribution in [0.1, 0.15) is 26.7 Å². The van der Waals surface area contributed by atoms with E-state index in [1.54, 1.807) is 6.08 Å². The molecule has 1 aromatic carbocycles. The van der Waals surface area contributed by atoms with E-state index in [4.69, 9.17) is 4.74 Å². The van der Waals surface area contributed by atoms with Crippen LogP contribution in [0.2, 0.25) is 0 Å². The summed E-state index contributed by atoms with van der Waals surface area (Å²) in [6.07, 6.45) is 2.86. The average molecular weight is 384 g/mol. The quantitative estimate of drug-likeness (QED) is 0.697. The molecule has 0 saturated carbocycles. The lowest BCUT2D eigenvalue weighted by Gasteiger charge is -2.25. The normalized spacial score (nSPS) is 15.8. The highest BCUT2D eigenvalue weighted by Gasteiger charge is 2.27. The zero-order valence-corrected chi connectivity index (χ0v) is 15.9. The first-order valence-corrected chi connectivity index (χ1v) is 10.1. The third-order valence-electron chi connectivity index (χ3n) is 3.97. The molecule has 0 spiro atoms. The van der Waals surface area contributed by atoms with Crippen LogP contribution in [-0.2, 0) is 19.6 Å². The van der Waals surface area contributed by atoms with E-state index < -0.39 is 15.8 Å². The molecule has 0 atom stereocenters. The van der Waals surface area contributed by atoms with Crippen LogP contribution in [0.25, 0.3) is 0 Å². The maximum Gasteiger partial charge on any atom is 0.246 e. The van der Waals surface area contributed by atoms with Gasteiger partial charge in [-0.1, -0.05) is 6.08 Å². The van der Waals surface area contributed by atoms with Crippen LogP contribution in [0.15, 0.2) is 40.8 Å². The molecule has 1 amide bonds. The van der Waals surface area contributed by atoms with Crippen molar-refractivity contribution in [2.75, 3.05) is 26.2 Å². The molecule has 0 aromatic heterocycles. The van der Waals surface area contributed by atoms with E-state index in [1.165, 1.54) is 16.4 Å². The molecule has 8 heteroatoms. The third kappa shape index (κ3) is 5.62. The van der Waals surface area contributed by atoms with Crippen LogP contribution >= 0.6 is 0 Å². The van der Waals surface area contributed by atoms with Crippen molar-refractivity contribution in [3.8, 4) is 0 Å². The van der Waals surface area contributed by atoms with Gasteiger partial charge in [-0.2, -0.15) is 4.31 Å². The fraction of sp³-hybridized carbons (Fsp3) is 0.500. The van der Waals surface area contributed by atoms with Crippen molar-refractivity contribution >= 4 is 15.9 Å². The average Bonchev–Trinajstić information content (AvgIpc) is 2.61. The van der Waals surface area contributed by atoms with E-state index in [2.05, 4.69) is 5.32 Å². The molecule has 1 aliphatic heterocycles. The smallest absolute Gasteiger partial charge is 0.246 e. The molecule has 6 nitrogen and oxygen atoms in total. The zero-order chi connectivity index (χ0) is 19.2. The summed E-state index contributed by atoms with van der Waals surface area (Å²) in [5.41, 5.74) is 0.584. The Hall–Kier alpha value is -1.77. The molecule has 1 aromatic rings. The van der Waals surface area contributed by atoms with Crippen LogP contribution < -0.4 is 5.32 Å². The van der Waals surface area contributed by atoms with Crippen LogP contribution in [0.3, 0.4) is 0 Å². The third-order valence-corrected chi connectivity index (χ3v) is 5.85. The first-order chi connectivity index (χ1) is 12.3. The Morgan fingerprint density at radius 1 is 1.31 bits per heavy atom. The monoisotopic (exact) mass is 384 g/mol. The molecule has 26 heavy (non-hydrogen) atoms. The molecule has 0 fully saturated rings. The summed E-state index contributed by atoms with van der Waals surface area (Å²) in [4.78, 5) is 12.2. The van der Waals surface area contributed by atoms with Gasteiger partial charge in [0.2, 0.25) is 15.9 Å². The van der Waals surface area contributed by atoms with Crippen molar-refractivity contribution in [3.63, 3.8) is 0 Å². The highest BCUT2D eigenvalue weighted by atomic mass is 32.2. The van der Waals surface area contributed by atoms with Gasteiger partial charge in [0.25, 0.3) is 0 Å². The van der Waals surface area contributed by atoms with Gasteiger partial charge in [0, 0.05) is 31.8 Å². The van der Waals surface area contributed by atoms with Gasteiger partial charge in [0.15, 0.2) is 0 Å². The first-order valence-electron chi connectivity index (χ1n) is 8.65. The lowest BCUT2D eigenvalue weighted by atomic mass is 10.1. The van der Waals surface area contributed by atoms with Gasteiger partial charge >= 0.3 is 0 Å². The van der Waals surface area contributed by atoms with Crippen molar-refractivity contribution in [2.24, 2.45) is 0 Å². The fourth-order valence-electron chi connectivity index (χ4n) is 2.54. The molecule has 1 N–H and O–H groups in total. The molecule has 0 bridgehead atoms. The Kier molecular flexibility index (Phi) is 7.31. The Balaban J connectivity index is 1.87. The number of halogens is 1. The molecule has 2 rings (SSSR count). The zero-order valence-electron chi connectivity index (χ0n) is 15.1. The second-order valence-electron chi connectivity index (χ2n) is 6.33. The Morgan fingerprint density at radius 3 is 2.58 bits per heavy atom. The molecule has 1 aliphatic rings. The molecule has 0 aliphatic carbocycles. The van der Waals surface area contributed by atoms with Crippen LogP contribution in [0.5, 0.6) is 0 Å². The predicted molar refractivity (Wildman–Crippen MR) is 96.6 cm³/mol. The second-order valence-corrected chi connectivity index (χ2v) is 8.26. The molecule has 1 heterocycles. The summed E-state index contributed by atoms with van der Waals surface area (Å²) in [6.45, 7) is 5.35. The number of nitrogens with one attached hydrogen (secondary N) is 1. The SMILES string of the molecule is CC(C)OCCCNC(=O)C1=CCN(S(=O)(=O)c2ccc(F)cc2)CC1. The summed E-state index contributed by atoms with van der Waals surface area (Å²) in [6, 6.07) is 4.73. The van der Waals surface area contributed by atoms with E-state index >= 15 is 0 Å². The van der Waals surface area contributed by atoms with Crippen molar-refractivity contribution in [1.82, 2.24) is 9.62 Å². The number of hydrogen-bond donors (Lipinski definition) is 1. The number of amides is 1. The van der Waals surface area contributed by atoms with Crippen LogP contribution in [0.4, 0.5) is 4.39 Å². The van der Waals surface area contributed by atoms with E-state index in [0.717, 1.165) is 18.6 Å². The number of carbonyl (C=O) groups is 1. The van der Waals surface area contributed by atoms with Crippen molar-refractivity contribution in [2.45, 2.75) is 37.7 Å². The second kappa shape index (κ2) is 9.25. The predicted octanol–water partition coefficient (Wildman–Crippen LogP) is 2.08. The minimum atomic E-state index is -3.69. The van der Waals surface area contributed by atoms with E-state index in [-0.39, 0.29) is 30.0 Å². The highest BCUT2D eigenvalue weighted by Crippen LogP contribution is 2.20. The number of rotatable bonds is 8. The van der Waals surface area contributed by atoms with E-state index in [9.17, 15) is 17.6 Å². The number of hydrogen-bond acceptors (Lipinski definition) is 4. The molecule has 0 saturated heterocycles. The highest BCUT2D eigenvalue weighted by molar-refractivity contribution is 7.89. The van der Waals surface area contributed by atoms with Crippen LogP contribution in [0, 0.1) is 5.82 Å². The number of ether oxygens (including phenoxy) is 1. The molecule has 0 radical (unpaired) electrons. The lowest BCUT2D eigenvalue weighted by Crippen LogP contribution is -2.37. The Labute approximate surface area is 154 Å². The molecule has 0 unspecified atom stereocenters. The maximum absolute atomic E-state index is 13.0. The fourth-order valence-corrected chi connectivity index (χ4v) is 3.92. The topological polar surface area (TPSA) is 75.7 Å². The minimum Gasteiger partial charge on any atom is -0.379 e. The van der Waals surface area contributed by atoms with E-state index in [1.807, 2.05) is 13.8 Å². The summed E-state index contributed by atoms with van der Waals surface area (Å²) in [7, 11) is -3.69. The number of nitrogens with zero attached hydrogens (tertiary/aromatic N) is 1. The number of sulfonamides is 1. The van der Waals surface area contributed by atoms with Crippen LogP contribution in [-0.4, -0.2) is 51.0 Å².